The Hall–Kier alpha value is -3.55. The standard InChI is InChI=1S/C26H28F6N6O2/c27-25(28,29)23-33-12-18(13-34-23)38-10-4-6-17(15-38)36-20-8-1-2-9-21(20)37-24-35-14-22(39-24)16-5-3-7-19(11-16)40-26(30,31)32/h3,5,7,11-14,17,20-21,36H,1-2,4,6,8-10,15H2,(H,35,37)/t17-,20+,21+/m0/s1. The van der Waals surface area contributed by atoms with E-state index in [-0.39, 0.29) is 29.9 Å². The predicted molar refractivity (Wildman–Crippen MR) is 134 cm³/mol. The van der Waals surface area contributed by atoms with Crippen LogP contribution in [-0.2, 0) is 6.18 Å². The van der Waals surface area contributed by atoms with Crippen molar-refractivity contribution in [2.75, 3.05) is 23.3 Å². The molecule has 3 atom stereocenters. The van der Waals surface area contributed by atoms with E-state index in [0.717, 1.165) is 38.5 Å². The number of aromatic nitrogens is 3. The first-order valence-electron chi connectivity index (χ1n) is 13.0. The van der Waals surface area contributed by atoms with Crippen LogP contribution in [0.5, 0.6) is 5.75 Å². The van der Waals surface area contributed by atoms with Gasteiger partial charge in [-0.1, -0.05) is 25.0 Å². The fourth-order valence-electron chi connectivity index (χ4n) is 5.26. The van der Waals surface area contributed by atoms with Gasteiger partial charge in [-0.05, 0) is 37.8 Å². The third kappa shape index (κ3) is 7.14. The van der Waals surface area contributed by atoms with E-state index >= 15 is 0 Å². The highest BCUT2D eigenvalue weighted by molar-refractivity contribution is 5.59. The second kappa shape index (κ2) is 11.5. The van der Waals surface area contributed by atoms with Crippen molar-refractivity contribution in [1.29, 1.82) is 0 Å². The molecular formula is C26H28F6N6O2. The van der Waals surface area contributed by atoms with Crippen molar-refractivity contribution < 1.29 is 35.5 Å². The number of piperidine rings is 1. The van der Waals surface area contributed by atoms with Crippen LogP contribution in [0.25, 0.3) is 11.3 Å². The van der Waals surface area contributed by atoms with E-state index in [1.165, 1.54) is 36.8 Å². The number of halogens is 6. The number of hydrogen-bond donors (Lipinski definition) is 2. The van der Waals surface area contributed by atoms with Gasteiger partial charge in [0.25, 0.3) is 6.01 Å². The normalized spacial score (nSPS) is 22.2. The van der Waals surface area contributed by atoms with Crippen molar-refractivity contribution in [3.8, 4) is 17.1 Å². The minimum absolute atomic E-state index is 0.00456. The molecule has 2 fully saturated rings. The van der Waals surface area contributed by atoms with Gasteiger partial charge in [0.2, 0.25) is 5.82 Å². The molecule has 3 aromatic rings. The van der Waals surface area contributed by atoms with Gasteiger partial charge in [0.1, 0.15) is 5.75 Å². The van der Waals surface area contributed by atoms with E-state index in [9.17, 15) is 26.3 Å². The third-order valence-corrected chi connectivity index (χ3v) is 7.06. The van der Waals surface area contributed by atoms with Crippen molar-refractivity contribution in [2.24, 2.45) is 0 Å². The molecule has 5 rings (SSSR count). The van der Waals surface area contributed by atoms with Gasteiger partial charge >= 0.3 is 12.5 Å². The van der Waals surface area contributed by atoms with Crippen LogP contribution in [-0.4, -0.2) is 52.5 Å². The van der Waals surface area contributed by atoms with Crippen LogP contribution in [0.3, 0.4) is 0 Å². The summed E-state index contributed by atoms with van der Waals surface area (Å²) in [6, 6.07) is 5.97. The lowest BCUT2D eigenvalue weighted by Crippen LogP contribution is -2.55. The minimum Gasteiger partial charge on any atom is -0.424 e. The molecule has 1 saturated heterocycles. The predicted octanol–water partition coefficient (Wildman–Crippen LogP) is 6.03. The summed E-state index contributed by atoms with van der Waals surface area (Å²) in [5.41, 5.74) is 0.949. The number of ether oxygens (including phenoxy) is 1. The Morgan fingerprint density at radius 2 is 1.65 bits per heavy atom. The van der Waals surface area contributed by atoms with Crippen molar-refractivity contribution in [1.82, 2.24) is 20.3 Å². The number of oxazole rings is 1. The number of hydrogen-bond acceptors (Lipinski definition) is 8. The zero-order chi connectivity index (χ0) is 28.3. The second-order valence-corrected chi connectivity index (χ2v) is 9.96. The van der Waals surface area contributed by atoms with Gasteiger partial charge in [0.05, 0.1) is 24.3 Å². The van der Waals surface area contributed by atoms with Crippen LogP contribution in [0.1, 0.15) is 44.3 Å². The summed E-state index contributed by atoms with van der Waals surface area (Å²) in [7, 11) is 0. The molecule has 40 heavy (non-hydrogen) atoms. The lowest BCUT2D eigenvalue weighted by Gasteiger charge is -2.40. The number of alkyl halides is 6. The van der Waals surface area contributed by atoms with Crippen LogP contribution < -0.4 is 20.3 Å². The molecule has 0 amide bonds. The van der Waals surface area contributed by atoms with Crippen molar-refractivity contribution >= 4 is 11.7 Å². The monoisotopic (exact) mass is 570 g/mol. The summed E-state index contributed by atoms with van der Waals surface area (Å²) in [5.74, 6) is -1.20. The van der Waals surface area contributed by atoms with Crippen LogP contribution >= 0.6 is 0 Å². The Balaban J connectivity index is 1.21. The summed E-state index contributed by atoms with van der Waals surface area (Å²) < 4.78 is 86.0. The van der Waals surface area contributed by atoms with E-state index < -0.39 is 18.4 Å². The molecule has 2 aromatic heterocycles. The molecule has 0 spiro atoms. The largest absolute Gasteiger partial charge is 0.573 e. The molecule has 1 aliphatic carbocycles. The lowest BCUT2D eigenvalue weighted by atomic mass is 9.89. The lowest BCUT2D eigenvalue weighted by molar-refractivity contribution is -0.274. The van der Waals surface area contributed by atoms with Crippen molar-refractivity contribution in [3.63, 3.8) is 0 Å². The summed E-state index contributed by atoms with van der Waals surface area (Å²) in [6.45, 7) is 1.31. The van der Waals surface area contributed by atoms with Crippen LogP contribution in [0.15, 0.2) is 47.3 Å². The summed E-state index contributed by atoms with van der Waals surface area (Å²) in [4.78, 5) is 13.2. The molecule has 216 valence electrons. The molecule has 2 aliphatic rings. The zero-order valence-corrected chi connectivity index (χ0v) is 21.3. The molecule has 0 unspecified atom stereocenters. The number of nitrogens with zero attached hydrogens (tertiary/aromatic N) is 4. The van der Waals surface area contributed by atoms with E-state index in [2.05, 4.69) is 30.3 Å². The van der Waals surface area contributed by atoms with Crippen LogP contribution in [0, 0.1) is 0 Å². The maximum Gasteiger partial charge on any atom is 0.573 e. The zero-order valence-electron chi connectivity index (χ0n) is 21.3. The molecule has 1 aliphatic heterocycles. The Bertz CT molecular complexity index is 1270. The fraction of sp³-hybridized carbons (Fsp3) is 0.500. The number of rotatable bonds is 7. The van der Waals surface area contributed by atoms with Crippen LogP contribution in [0.2, 0.25) is 0 Å². The highest BCUT2D eigenvalue weighted by Crippen LogP contribution is 2.31. The summed E-state index contributed by atoms with van der Waals surface area (Å²) in [6.07, 6.45) is 0.134. The molecule has 2 N–H and O–H groups in total. The number of nitrogens with one attached hydrogen (secondary N) is 2. The van der Waals surface area contributed by atoms with Gasteiger partial charge in [0, 0.05) is 36.8 Å². The molecular weight excluding hydrogens is 542 g/mol. The maximum atomic E-state index is 12.8. The Labute approximate surface area is 226 Å². The van der Waals surface area contributed by atoms with Gasteiger partial charge in [0.15, 0.2) is 5.76 Å². The summed E-state index contributed by atoms with van der Waals surface area (Å²) in [5, 5.41) is 7.05. The fourth-order valence-corrected chi connectivity index (χ4v) is 5.26. The average molecular weight is 571 g/mol. The van der Waals surface area contributed by atoms with E-state index in [4.69, 9.17) is 4.42 Å². The Kier molecular flexibility index (Phi) is 8.06. The minimum atomic E-state index is -4.80. The SMILES string of the molecule is FC(F)(F)Oc1cccc(-c2cnc(N[C@@H]3CCCC[C@H]3N[C@H]3CCCN(c4cnc(C(F)(F)F)nc4)C3)o2)c1. The first-order valence-corrected chi connectivity index (χ1v) is 13.0. The number of anilines is 2. The topological polar surface area (TPSA) is 88.3 Å². The average Bonchev–Trinajstić information content (AvgIpc) is 3.37. The van der Waals surface area contributed by atoms with Gasteiger partial charge < -0.3 is 24.7 Å². The van der Waals surface area contributed by atoms with E-state index in [0.29, 0.717) is 30.1 Å². The van der Waals surface area contributed by atoms with Gasteiger partial charge in [-0.15, -0.1) is 13.2 Å². The highest BCUT2D eigenvalue weighted by atomic mass is 19.4. The van der Waals surface area contributed by atoms with E-state index in [1.807, 2.05) is 4.90 Å². The highest BCUT2D eigenvalue weighted by Gasteiger charge is 2.35. The summed E-state index contributed by atoms with van der Waals surface area (Å²) >= 11 is 0. The first kappa shape index (κ1) is 28.0. The molecule has 1 saturated carbocycles. The van der Waals surface area contributed by atoms with E-state index in [1.54, 1.807) is 6.07 Å². The molecule has 8 nitrogen and oxygen atoms in total. The Morgan fingerprint density at radius 1 is 0.900 bits per heavy atom. The van der Waals surface area contributed by atoms with Crippen LogP contribution in [0.4, 0.5) is 38.0 Å². The smallest absolute Gasteiger partial charge is 0.424 e. The molecule has 0 radical (unpaired) electrons. The molecule has 14 heteroatoms. The first-order chi connectivity index (χ1) is 19.0. The second-order valence-electron chi connectivity index (χ2n) is 9.96. The maximum absolute atomic E-state index is 12.8. The van der Waals surface area contributed by atoms with Crippen molar-refractivity contribution in [3.05, 3.63) is 48.7 Å². The van der Waals surface area contributed by atoms with Gasteiger partial charge in [-0.25, -0.2) is 15.0 Å². The quantitative estimate of drug-likeness (QED) is 0.333. The molecule has 0 bridgehead atoms. The Morgan fingerprint density at radius 3 is 2.38 bits per heavy atom. The molecule has 1 aromatic carbocycles. The van der Waals surface area contributed by atoms with Crippen molar-refractivity contribution in [2.45, 2.75) is 69.2 Å². The van der Waals surface area contributed by atoms with Gasteiger partial charge in [-0.2, -0.15) is 13.2 Å². The molecule has 3 heterocycles. The third-order valence-electron chi connectivity index (χ3n) is 7.06. The number of benzene rings is 1. The van der Waals surface area contributed by atoms with Gasteiger partial charge in [-0.3, -0.25) is 0 Å².